The summed E-state index contributed by atoms with van der Waals surface area (Å²) in [5.41, 5.74) is 5.18. The Morgan fingerprint density at radius 2 is 0.690 bits per heavy atom. The van der Waals surface area contributed by atoms with Gasteiger partial charge in [-0.15, -0.1) is 22.7 Å². The van der Waals surface area contributed by atoms with Gasteiger partial charge < -0.3 is 48.2 Å². The van der Waals surface area contributed by atoms with Gasteiger partial charge in [-0.3, -0.25) is 19.4 Å². The number of halogens is 4. The van der Waals surface area contributed by atoms with E-state index in [2.05, 4.69) is 15.0 Å². The fourth-order valence-corrected chi connectivity index (χ4v) is 25.3. The van der Waals surface area contributed by atoms with Gasteiger partial charge in [0.05, 0.1) is 81.0 Å². The lowest BCUT2D eigenvalue weighted by Gasteiger charge is -2.38. The summed E-state index contributed by atoms with van der Waals surface area (Å²) >= 11 is 27.3. The van der Waals surface area contributed by atoms with Crippen molar-refractivity contribution in [2.45, 2.75) is 47.3 Å². The Balaban J connectivity index is 0.000000143. The number of benzene rings is 10. The first-order valence-electron chi connectivity index (χ1n) is 44.1. The van der Waals surface area contributed by atoms with Crippen molar-refractivity contribution in [3.63, 3.8) is 0 Å². The Labute approximate surface area is 848 Å². The summed E-state index contributed by atoms with van der Waals surface area (Å²) in [6, 6.07) is 62.5. The van der Waals surface area contributed by atoms with Crippen LogP contribution < -0.4 is 18.9 Å². The second-order valence-electron chi connectivity index (χ2n) is 32.9. The second-order valence-corrected chi connectivity index (χ2v) is 44.4. The first-order valence-corrected chi connectivity index (χ1v) is 53.0. The van der Waals surface area contributed by atoms with E-state index in [1.165, 1.54) is 136 Å². The zero-order chi connectivity index (χ0) is 101. The average molecular weight is 2110 g/mol. The first-order chi connectivity index (χ1) is 68.0. The number of aryl methyl sites for hydroxylation is 4. The summed E-state index contributed by atoms with van der Waals surface area (Å²) in [5, 5.41) is 40.7. The number of thiazole rings is 1. The maximum Gasteiger partial charge on any atom is 0.320 e. The molecule has 5 saturated heterocycles. The van der Waals surface area contributed by atoms with Crippen molar-refractivity contribution in [1.29, 1.82) is 21.0 Å². The molecule has 0 N–H and O–H groups in total. The van der Waals surface area contributed by atoms with Crippen LogP contribution in [0.3, 0.4) is 0 Å². The molecule has 5 aliphatic heterocycles. The molecule has 33 nitrogen and oxygen atoms in total. The molecule has 0 bridgehead atoms. The highest BCUT2D eigenvalue weighted by molar-refractivity contribution is 7.90. The SMILES string of the molecule is Cc1cc(Cl)cc(Oc2ccc(C#N)cc2S(=O)(=O)N2CCN(C(=O)N3CCOCC3)CC2)c1.Cc1cc(Cl)cc(Oc2ccc(C#N)cc2S(=O)(=O)N2CCN(C(=O)c3cc4ccccc4s3)CC2)c1.Cc1cc(Cl)cc(Oc2ccc(C#N)cc2S(=O)(=O)N2CCN(C(=O)c3cnccn3)CC2)c1.Cc1cc(Cl)cc(Oc2ccc(C#N)cc2S(=O)(=O)N2CCN(C(=O)c3nc4ccccc4s3)CC2)c1. The lowest BCUT2D eigenvalue weighted by molar-refractivity contribution is 0.0405. The standard InChI is InChI=1S/C27H22ClN3O4S2.C26H21ClN4O4S2.C23H20ClN5O4S.C23H25ClN4O5S/c1-18-12-21(28)16-22(13-18)35-23-7-6-19(17-29)14-26(23)37(33,34)31-10-8-30(9-11-31)27(32)25-15-20-4-2-3-5-24(20)36-25;1-17-12-19(27)15-20(13-17)35-22-7-6-18(16-28)14-24(22)37(33,34)31-10-8-30(9-11-31)26(32)25-29-21-4-2-3-5-23(21)36-25;1-16-10-18(24)13-19(11-16)33-21-3-2-17(14-25)12-22(21)34(31,32)29-8-6-28(7-9-29)23(30)20-15-26-4-5-27-20;1-17-12-19(24)15-20(13-17)33-21-3-2-18(16-25)14-22(21)34(30,31)28-6-4-26(5-7-28)23(29)27-8-10-32-11-9-27/h2-7,12-16H,8-11H2,1H3;2-7,12-15H,8-11H2,1H3;2-5,10-13,15H,6-9H2,1H3;2-3,12-15H,4-11H2,1H3. The van der Waals surface area contributed by atoms with E-state index in [1.54, 1.807) is 92.4 Å². The number of hydrogen-bond acceptors (Lipinski definition) is 26. The number of nitriles is 4. The van der Waals surface area contributed by atoms with Crippen molar-refractivity contribution in [3.8, 4) is 70.3 Å². The molecule has 0 aliphatic carbocycles. The maximum atomic E-state index is 13.7. The van der Waals surface area contributed by atoms with Crippen molar-refractivity contribution in [2.24, 2.45) is 0 Å². The molecule has 0 atom stereocenters. The van der Waals surface area contributed by atoms with Crippen LogP contribution in [0.2, 0.25) is 20.1 Å². The van der Waals surface area contributed by atoms with Gasteiger partial charge in [-0.05, 0) is 225 Å². The van der Waals surface area contributed by atoms with E-state index in [1.807, 2.05) is 107 Å². The summed E-state index contributed by atoms with van der Waals surface area (Å²) in [6.45, 7) is 12.3. The van der Waals surface area contributed by atoms with Crippen molar-refractivity contribution in [3.05, 3.63) is 299 Å². The van der Waals surface area contributed by atoms with Crippen molar-refractivity contribution < 1.29 is 76.5 Å². The van der Waals surface area contributed by atoms with E-state index in [0.29, 0.717) is 79.3 Å². The molecule has 0 radical (unpaired) electrons. The highest BCUT2D eigenvalue weighted by Gasteiger charge is 2.40. The number of ether oxygens (including phenoxy) is 5. The first kappa shape index (κ1) is 103. The molecule has 5 amide bonds. The van der Waals surface area contributed by atoms with Gasteiger partial charge in [0.15, 0.2) is 5.01 Å². The van der Waals surface area contributed by atoms with Crippen LogP contribution in [0.15, 0.2) is 238 Å². The number of thiophene rings is 1. The van der Waals surface area contributed by atoms with Gasteiger partial charge in [0.25, 0.3) is 17.7 Å². The lowest BCUT2D eigenvalue weighted by atomic mass is 10.2. The number of para-hydroxylation sites is 1. The monoisotopic (exact) mass is 2100 g/mol. The predicted octanol–water partition coefficient (Wildman–Crippen LogP) is 17.1. The number of carbonyl (C=O) groups is 4. The normalized spacial score (nSPS) is 15.1. The van der Waals surface area contributed by atoms with Crippen LogP contribution in [0.25, 0.3) is 20.3 Å². The average Bonchev–Trinajstić information content (AvgIpc) is 1.13. The largest absolute Gasteiger partial charge is 0.456 e. The van der Waals surface area contributed by atoms with Crippen LogP contribution in [0.1, 0.15) is 74.5 Å². The molecular weight excluding hydrogens is 2020 g/mol. The molecule has 13 aromatic rings. The van der Waals surface area contributed by atoms with E-state index >= 15 is 0 Å². The van der Waals surface area contributed by atoms with Crippen LogP contribution in [0.5, 0.6) is 46.0 Å². The van der Waals surface area contributed by atoms with Gasteiger partial charge >= 0.3 is 6.03 Å². The van der Waals surface area contributed by atoms with E-state index in [4.69, 9.17) is 70.1 Å². The summed E-state index contributed by atoms with van der Waals surface area (Å²) in [4.78, 5) is 72.2. The Kier molecular flexibility index (Phi) is 32.9. The molecule has 10 aromatic carbocycles. The Bertz CT molecular complexity index is 7290. The van der Waals surface area contributed by atoms with Gasteiger partial charge in [0.1, 0.15) is 71.3 Å². The third-order valence-corrected chi connectivity index (χ3v) is 33.7. The minimum atomic E-state index is -4.03. The molecule has 730 valence electrons. The molecule has 5 aliphatic rings. The zero-order valence-electron chi connectivity index (χ0n) is 76.5. The van der Waals surface area contributed by atoms with E-state index in [9.17, 15) is 73.9 Å². The minimum Gasteiger partial charge on any atom is -0.456 e. The quantitative estimate of drug-likeness (QED) is 0.0725. The molecule has 8 heterocycles. The van der Waals surface area contributed by atoms with E-state index < -0.39 is 40.1 Å². The number of hydrogen-bond donors (Lipinski definition) is 0. The number of amides is 5. The van der Waals surface area contributed by atoms with Gasteiger partial charge in [-0.2, -0.15) is 38.3 Å². The molecule has 5 fully saturated rings. The number of sulfonamides is 4. The number of carbonyl (C=O) groups excluding carboxylic acids is 4. The second kappa shape index (κ2) is 45.3. The molecular formula is C99H88Cl4N16O17S6. The highest BCUT2D eigenvalue weighted by Crippen LogP contribution is 2.41. The summed E-state index contributed by atoms with van der Waals surface area (Å²) in [7, 11) is -16.0. The van der Waals surface area contributed by atoms with Crippen LogP contribution >= 0.6 is 69.1 Å². The fraction of sp³-hybridized carbons (Fsp3) is 0.242. The van der Waals surface area contributed by atoms with Gasteiger partial charge in [-0.25, -0.2) is 48.4 Å². The van der Waals surface area contributed by atoms with Crippen molar-refractivity contribution >= 4 is 153 Å². The summed E-state index contributed by atoms with van der Waals surface area (Å²) < 4.78 is 145. The third-order valence-electron chi connectivity index (χ3n) is 23.0. The lowest BCUT2D eigenvalue weighted by Crippen LogP contribution is -2.55. The maximum absolute atomic E-state index is 13.7. The third kappa shape index (κ3) is 24.7. The number of nitrogens with zero attached hydrogens (tertiary/aromatic N) is 16. The van der Waals surface area contributed by atoms with Gasteiger partial charge in [0.2, 0.25) is 40.1 Å². The summed E-state index contributed by atoms with van der Waals surface area (Å²) in [6.07, 6.45) is 4.28. The molecule has 0 spiro atoms. The van der Waals surface area contributed by atoms with Crippen molar-refractivity contribution in [2.75, 3.05) is 131 Å². The number of rotatable bonds is 19. The topological polar surface area (TPSA) is 414 Å². The van der Waals surface area contributed by atoms with E-state index in [-0.39, 0.29) is 199 Å². The van der Waals surface area contributed by atoms with Gasteiger partial charge in [0, 0.05) is 155 Å². The molecule has 43 heteroatoms. The van der Waals surface area contributed by atoms with Crippen LogP contribution in [0, 0.1) is 73.0 Å². The molecule has 0 saturated carbocycles. The number of fused-ring (bicyclic) bond motifs is 2. The summed E-state index contributed by atoms with van der Waals surface area (Å²) in [5.74, 6) is 1.30. The predicted molar refractivity (Wildman–Crippen MR) is 535 cm³/mol. The molecule has 18 rings (SSSR count). The number of piperazine rings is 4. The molecule has 3 aromatic heterocycles. The van der Waals surface area contributed by atoms with Crippen LogP contribution in [-0.4, -0.2) is 245 Å². The fourth-order valence-electron chi connectivity index (χ4n) is 15.9. The van der Waals surface area contributed by atoms with E-state index in [0.717, 1.165) is 42.6 Å². The van der Waals surface area contributed by atoms with Crippen molar-refractivity contribution in [1.82, 2.24) is 56.7 Å². The number of aromatic nitrogens is 3. The molecule has 142 heavy (non-hydrogen) atoms. The Morgan fingerprint density at radius 3 is 1.03 bits per heavy atom. The smallest absolute Gasteiger partial charge is 0.320 e. The molecule has 0 unspecified atom stereocenters. The number of morpholine rings is 1. The minimum absolute atomic E-state index is 0.0822. The van der Waals surface area contributed by atoms with Gasteiger partial charge in [-0.1, -0.05) is 76.7 Å². The Hall–Kier alpha value is -13.3. The Morgan fingerprint density at radius 1 is 0.359 bits per heavy atom. The van der Waals surface area contributed by atoms with Crippen LogP contribution in [-0.2, 0) is 44.8 Å². The highest BCUT2D eigenvalue weighted by atomic mass is 35.5. The number of urea groups is 1. The van der Waals surface area contributed by atoms with Crippen LogP contribution in [0.4, 0.5) is 4.79 Å². The zero-order valence-corrected chi connectivity index (χ0v) is 84.4.